The lowest BCUT2D eigenvalue weighted by Crippen LogP contribution is -1.93. The number of methoxy groups -OCH3 is 1. The van der Waals surface area contributed by atoms with Crippen LogP contribution in [0.25, 0.3) is 22.2 Å². The summed E-state index contributed by atoms with van der Waals surface area (Å²) < 4.78 is 18.1. The Bertz CT molecular complexity index is 860. The summed E-state index contributed by atoms with van der Waals surface area (Å²) in [5.41, 5.74) is 2.09. The number of aldehydes is 1. The first-order valence-corrected chi connectivity index (χ1v) is 6.55. The lowest BCUT2D eigenvalue weighted by Gasteiger charge is -2.09. The molecule has 4 nitrogen and oxygen atoms in total. The monoisotopic (exact) mass is 297 g/mol. The fourth-order valence-corrected chi connectivity index (χ4v) is 2.30. The first kappa shape index (κ1) is 14.0. The molecular weight excluding hydrogens is 285 g/mol. The number of ether oxygens (including phenoxy) is 1. The summed E-state index contributed by atoms with van der Waals surface area (Å²) in [5, 5.41) is 10.4. The lowest BCUT2D eigenvalue weighted by atomic mass is 10.0. The third kappa shape index (κ3) is 2.37. The second-order valence-electron chi connectivity index (χ2n) is 4.76. The smallest absolute Gasteiger partial charge is 0.161 e. The second-order valence-corrected chi connectivity index (χ2v) is 4.76. The van der Waals surface area contributed by atoms with Crippen molar-refractivity contribution in [2.45, 2.75) is 0 Å². The van der Waals surface area contributed by atoms with Gasteiger partial charge in [-0.3, -0.25) is 4.79 Å². The molecule has 1 N–H and O–H groups in total. The van der Waals surface area contributed by atoms with Crippen LogP contribution in [0.4, 0.5) is 4.39 Å². The highest BCUT2D eigenvalue weighted by molar-refractivity contribution is 5.99. The minimum atomic E-state index is -0.345. The summed E-state index contributed by atoms with van der Waals surface area (Å²) in [6.45, 7) is 0. The molecule has 5 heteroatoms. The Kier molecular flexibility index (Phi) is 3.47. The number of nitrogens with zero attached hydrogens (tertiary/aromatic N) is 1. The molecule has 0 amide bonds. The number of halogens is 1. The molecule has 1 heterocycles. The first-order valence-electron chi connectivity index (χ1n) is 6.55. The first-order chi connectivity index (χ1) is 10.6. The summed E-state index contributed by atoms with van der Waals surface area (Å²) in [6.07, 6.45) is 0.716. The van der Waals surface area contributed by atoms with Crippen LogP contribution in [0, 0.1) is 5.82 Å². The van der Waals surface area contributed by atoms with Gasteiger partial charge in [0, 0.05) is 22.6 Å². The maximum Gasteiger partial charge on any atom is 0.161 e. The van der Waals surface area contributed by atoms with Crippen LogP contribution >= 0.6 is 0 Å². The van der Waals surface area contributed by atoms with Crippen molar-refractivity contribution in [1.29, 1.82) is 0 Å². The molecule has 3 aromatic rings. The molecule has 2 aromatic carbocycles. The van der Waals surface area contributed by atoms with E-state index in [1.807, 2.05) is 0 Å². The zero-order valence-corrected chi connectivity index (χ0v) is 11.7. The molecule has 110 valence electrons. The second kappa shape index (κ2) is 5.44. The van der Waals surface area contributed by atoms with Crippen molar-refractivity contribution in [3.63, 3.8) is 0 Å². The van der Waals surface area contributed by atoms with Gasteiger partial charge in [-0.15, -0.1) is 0 Å². The molecule has 0 atom stereocenters. The number of carbonyl (C=O) groups excluding carboxylic acids is 1. The van der Waals surface area contributed by atoms with E-state index in [1.54, 1.807) is 24.3 Å². The molecule has 0 spiro atoms. The van der Waals surface area contributed by atoms with Gasteiger partial charge in [-0.25, -0.2) is 9.37 Å². The van der Waals surface area contributed by atoms with E-state index in [2.05, 4.69) is 4.98 Å². The van der Waals surface area contributed by atoms with Crippen molar-refractivity contribution in [2.24, 2.45) is 0 Å². The number of phenolic OH excluding ortho intramolecular Hbond substituents is 1. The van der Waals surface area contributed by atoms with Crippen LogP contribution in [0.3, 0.4) is 0 Å². The molecule has 22 heavy (non-hydrogen) atoms. The van der Waals surface area contributed by atoms with Crippen molar-refractivity contribution in [3.05, 3.63) is 53.8 Å². The molecule has 0 radical (unpaired) electrons. The van der Waals surface area contributed by atoms with E-state index in [0.29, 0.717) is 34.0 Å². The zero-order chi connectivity index (χ0) is 15.7. The van der Waals surface area contributed by atoms with Gasteiger partial charge in [-0.05, 0) is 36.4 Å². The van der Waals surface area contributed by atoms with Crippen molar-refractivity contribution in [3.8, 4) is 22.8 Å². The number of aromatic hydroxyl groups is 1. The molecule has 0 bridgehead atoms. The van der Waals surface area contributed by atoms with Crippen molar-refractivity contribution in [1.82, 2.24) is 4.98 Å². The molecule has 0 saturated heterocycles. The summed E-state index contributed by atoms with van der Waals surface area (Å²) in [4.78, 5) is 15.8. The number of fused-ring (bicyclic) bond motifs is 1. The number of hydrogen-bond acceptors (Lipinski definition) is 4. The molecule has 0 unspecified atom stereocenters. The van der Waals surface area contributed by atoms with Gasteiger partial charge < -0.3 is 9.84 Å². The molecule has 1 aromatic heterocycles. The van der Waals surface area contributed by atoms with Gasteiger partial charge in [0.05, 0.1) is 18.3 Å². The Morgan fingerprint density at radius 2 is 1.91 bits per heavy atom. The molecule has 0 fully saturated rings. The largest absolute Gasteiger partial charge is 0.504 e. The molecule has 0 aliphatic carbocycles. The summed E-state index contributed by atoms with van der Waals surface area (Å²) in [5.74, 6) is -0.134. The lowest BCUT2D eigenvalue weighted by molar-refractivity contribution is 0.112. The average Bonchev–Trinajstić information content (AvgIpc) is 2.53. The van der Waals surface area contributed by atoms with Crippen LogP contribution in [0.2, 0.25) is 0 Å². The Morgan fingerprint density at radius 1 is 1.18 bits per heavy atom. The van der Waals surface area contributed by atoms with Gasteiger partial charge >= 0.3 is 0 Å². The number of hydrogen-bond donors (Lipinski definition) is 1. The minimum absolute atomic E-state index is 0.0596. The normalized spacial score (nSPS) is 10.6. The van der Waals surface area contributed by atoms with E-state index in [9.17, 15) is 14.3 Å². The van der Waals surface area contributed by atoms with E-state index in [1.165, 1.54) is 25.3 Å². The zero-order valence-electron chi connectivity index (χ0n) is 11.7. The third-order valence-electron chi connectivity index (χ3n) is 3.41. The number of pyridine rings is 1. The van der Waals surface area contributed by atoms with Gasteiger partial charge in [0.15, 0.2) is 17.8 Å². The van der Waals surface area contributed by atoms with E-state index >= 15 is 0 Å². The fraction of sp³-hybridized carbons (Fsp3) is 0.0588. The molecule has 0 aliphatic heterocycles. The highest BCUT2D eigenvalue weighted by Crippen LogP contribution is 2.33. The maximum atomic E-state index is 13.0. The van der Waals surface area contributed by atoms with Gasteiger partial charge in [-0.1, -0.05) is 0 Å². The molecular formula is C17H12FNO3. The van der Waals surface area contributed by atoms with Gasteiger partial charge in [-0.2, -0.15) is 0 Å². The predicted molar refractivity (Wildman–Crippen MR) is 80.7 cm³/mol. The predicted octanol–water partition coefficient (Wildman–Crippen LogP) is 3.57. The number of benzene rings is 2. The average molecular weight is 297 g/mol. The molecule has 0 aliphatic rings. The van der Waals surface area contributed by atoms with E-state index in [4.69, 9.17) is 4.74 Å². The van der Waals surface area contributed by atoms with Gasteiger partial charge in [0.25, 0.3) is 0 Å². The number of carbonyl (C=O) groups is 1. The summed E-state index contributed by atoms with van der Waals surface area (Å²) in [7, 11) is 1.43. The summed E-state index contributed by atoms with van der Waals surface area (Å²) >= 11 is 0. The van der Waals surface area contributed by atoms with Crippen LogP contribution in [0.5, 0.6) is 11.5 Å². The Labute approximate surface area is 125 Å². The number of phenols is 1. The van der Waals surface area contributed by atoms with Crippen molar-refractivity contribution >= 4 is 17.2 Å². The topological polar surface area (TPSA) is 59.4 Å². The Balaban J connectivity index is 2.26. The van der Waals surface area contributed by atoms with Crippen LogP contribution in [0.1, 0.15) is 10.4 Å². The Morgan fingerprint density at radius 3 is 2.55 bits per heavy atom. The Hall–Kier alpha value is -2.95. The highest BCUT2D eigenvalue weighted by Gasteiger charge is 2.11. The standard InChI is InChI=1S/C17H12FNO3/c1-22-17-7-13-11(9-20)6-14(19-15(13)8-16(17)21)10-2-4-12(18)5-3-10/h2-9,21H,1H3. The highest BCUT2D eigenvalue weighted by atomic mass is 19.1. The summed E-state index contributed by atoms with van der Waals surface area (Å²) in [6, 6.07) is 10.5. The third-order valence-corrected chi connectivity index (χ3v) is 3.41. The van der Waals surface area contributed by atoms with Crippen LogP contribution < -0.4 is 4.74 Å². The molecule has 0 saturated carbocycles. The fourth-order valence-electron chi connectivity index (χ4n) is 2.30. The minimum Gasteiger partial charge on any atom is -0.504 e. The van der Waals surface area contributed by atoms with Crippen LogP contribution in [-0.4, -0.2) is 23.5 Å². The SMILES string of the molecule is COc1cc2c(C=O)cc(-c3ccc(F)cc3)nc2cc1O. The quantitative estimate of drug-likeness (QED) is 0.751. The van der Waals surface area contributed by atoms with E-state index in [-0.39, 0.29) is 17.3 Å². The number of rotatable bonds is 3. The molecule has 3 rings (SSSR count). The van der Waals surface area contributed by atoms with E-state index < -0.39 is 0 Å². The van der Waals surface area contributed by atoms with Gasteiger partial charge in [0.1, 0.15) is 5.82 Å². The van der Waals surface area contributed by atoms with Gasteiger partial charge in [0.2, 0.25) is 0 Å². The maximum absolute atomic E-state index is 13.0. The van der Waals surface area contributed by atoms with Crippen LogP contribution in [-0.2, 0) is 0 Å². The van der Waals surface area contributed by atoms with Crippen molar-refractivity contribution in [2.75, 3.05) is 7.11 Å². The van der Waals surface area contributed by atoms with Crippen molar-refractivity contribution < 1.29 is 19.0 Å². The van der Waals surface area contributed by atoms with Crippen LogP contribution in [0.15, 0.2) is 42.5 Å². The number of aromatic nitrogens is 1. The van der Waals surface area contributed by atoms with E-state index in [0.717, 1.165) is 0 Å².